The quantitative estimate of drug-likeness (QED) is 0.0678. The molecule has 0 saturated heterocycles. The van der Waals surface area contributed by atoms with Crippen molar-refractivity contribution in [1.82, 2.24) is 41.2 Å². The standard InChI is InChI=1S/C26H28N4O4S.C26H28N4O3S/c1-35(33)22-13-11-21(12-14-22)34-26-23(6-4-16-28-26)25(32)30-19-9-7-18(8-10-19)24(31)29-17-20-5-2-3-15-27-20;1-34-22-13-11-21(12-14-22)33-26-23(6-4-16-28-26)25(32)30-19-9-7-18(8-10-19)24(31)29-17-20-5-2-3-15-27-20/h2-6,11-16,18-19H,7-10,17H2,1H3,(H,29,31)(H,30,32);2-6,11-16,18-19H,7-10,17H2,1H3,(H,29,31)(H,30,32). The number of carbonyl (C=O) groups is 4. The number of ether oxygens (including phenoxy) is 2. The molecular weight excluding hydrogens is 913 g/mol. The van der Waals surface area contributed by atoms with E-state index in [0.29, 0.717) is 53.5 Å². The van der Waals surface area contributed by atoms with E-state index >= 15 is 0 Å². The molecule has 0 spiro atoms. The van der Waals surface area contributed by atoms with Crippen LogP contribution in [0, 0.1) is 11.8 Å². The first kappa shape index (κ1) is 49.9. The average Bonchev–Trinajstić information content (AvgIpc) is 3.39. The highest BCUT2D eigenvalue weighted by Gasteiger charge is 2.29. The Hall–Kier alpha value is -6.98. The van der Waals surface area contributed by atoms with Crippen molar-refractivity contribution in [3.05, 3.63) is 156 Å². The lowest BCUT2D eigenvalue weighted by Crippen LogP contribution is -2.41. The predicted molar refractivity (Wildman–Crippen MR) is 264 cm³/mol. The Kier molecular flexibility index (Phi) is 18.4. The summed E-state index contributed by atoms with van der Waals surface area (Å²) >= 11 is 1.65. The average molecular weight is 969 g/mol. The highest BCUT2D eigenvalue weighted by Crippen LogP contribution is 2.30. The molecule has 0 radical (unpaired) electrons. The van der Waals surface area contributed by atoms with Crippen LogP contribution in [0.1, 0.15) is 83.5 Å². The van der Waals surface area contributed by atoms with Gasteiger partial charge in [-0.3, -0.25) is 33.4 Å². The molecule has 15 nitrogen and oxygen atoms in total. The maximum atomic E-state index is 13.0. The molecule has 4 heterocycles. The minimum atomic E-state index is -1.08. The second kappa shape index (κ2) is 25.4. The molecule has 2 aromatic carbocycles. The fourth-order valence-electron chi connectivity index (χ4n) is 8.03. The van der Waals surface area contributed by atoms with E-state index in [1.807, 2.05) is 66.9 Å². The molecule has 0 bridgehead atoms. The Labute approximate surface area is 408 Å². The van der Waals surface area contributed by atoms with Crippen molar-refractivity contribution in [3.63, 3.8) is 0 Å². The van der Waals surface area contributed by atoms with Crippen molar-refractivity contribution in [2.24, 2.45) is 11.8 Å². The maximum absolute atomic E-state index is 13.0. The zero-order valence-electron chi connectivity index (χ0n) is 38.5. The molecule has 17 heteroatoms. The number of carbonyl (C=O) groups excluding carboxylic acids is 4. The van der Waals surface area contributed by atoms with Gasteiger partial charge in [0.05, 0.1) is 24.5 Å². The summed E-state index contributed by atoms with van der Waals surface area (Å²) in [6.07, 6.45) is 16.1. The molecule has 4 N–H and O–H groups in total. The van der Waals surface area contributed by atoms with Crippen molar-refractivity contribution in [1.29, 1.82) is 0 Å². The van der Waals surface area contributed by atoms with Gasteiger partial charge in [0.1, 0.15) is 22.6 Å². The summed E-state index contributed by atoms with van der Waals surface area (Å²) in [7, 11) is -1.08. The number of aromatic nitrogens is 4. The zero-order chi connectivity index (χ0) is 48.4. The summed E-state index contributed by atoms with van der Waals surface area (Å²) in [5.74, 6) is 1.11. The first-order chi connectivity index (χ1) is 33.6. The van der Waals surface area contributed by atoms with Gasteiger partial charge < -0.3 is 30.7 Å². The zero-order valence-corrected chi connectivity index (χ0v) is 40.2. The first-order valence-corrected chi connectivity index (χ1v) is 25.7. The van der Waals surface area contributed by atoms with E-state index in [9.17, 15) is 23.4 Å². The van der Waals surface area contributed by atoms with Gasteiger partial charge in [-0.1, -0.05) is 12.1 Å². The minimum absolute atomic E-state index is 0.0151. The highest BCUT2D eigenvalue weighted by molar-refractivity contribution is 7.98. The van der Waals surface area contributed by atoms with E-state index in [1.165, 1.54) is 0 Å². The summed E-state index contributed by atoms with van der Waals surface area (Å²) < 4.78 is 23.3. The van der Waals surface area contributed by atoms with E-state index in [2.05, 4.69) is 41.2 Å². The van der Waals surface area contributed by atoms with Gasteiger partial charge in [-0.15, -0.1) is 11.8 Å². The molecule has 0 aliphatic heterocycles. The van der Waals surface area contributed by atoms with E-state index in [0.717, 1.165) is 54.8 Å². The van der Waals surface area contributed by atoms with Gasteiger partial charge in [0.25, 0.3) is 11.8 Å². The van der Waals surface area contributed by atoms with Crippen molar-refractivity contribution >= 4 is 46.2 Å². The Morgan fingerprint density at radius 3 is 1.36 bits per heavy atom. The van der Waals surface area contributed by atoms with Crippen molar-refractivity contribution in [2.75, 3.05) is 12.5 Å². The first-order valence-electron chi connectivity index (χ1n) is 22.9. The number of thioether (sulfide) groups is 1. The lowest BCUT2D eigenvalue weighted by Gasteiger charge is -2.28. The van der Waals surface area contributed by atoms with E-state index in [1.54, 1.807) is 91.3 Å². The van der Waals surface area contributed by atoms with Crippen LogP contribution in [0.15, 0.2) is 144 Å². The number of rotatable bonds is 16. The lowest BCUT2D eigenvalue weighted by atomic mass is 9.85. The molecule has 6 aromatic rings. The highest BCUT2D eigenvalue weighted by atomic mass is 32.2. The van der Waals surface area contributed by atoms with Gasteiger partial charge in [-0.25, -0.2) is 9.97 Å². The number of amides is 4. The van der Waals surface area contributed by atoms with Crippen LogP contribution in [-0.2, 0) is 33.5 Å². The summed E-state index contributed by atoms with van der Waals surface area (Å²) in [4.78, 5) is 69.8. The topological polar surface area (TPSA) is 203 Å². The molecule has 358 valence electrons. The van der Waals surface area contributed by atoms with Gasteiger partial charge in [0, 0.05) is 75.6 Å². The molecule has 2 aliphatic carbocycles. The summed E-state index contributed by atoms with van der Waals surface area (Å²) in [6.45, 7) is 0.847. The second-order valence-corrected chi connectivity index (χ2v) is 18.9. The number of nitrogens with one attached hydrogen (secondary N) is 4. The van der Waals surface area contributed by atoms with Crippen LogP contribution < -0.4 is 30.7 Å². The molecular formula is C52H56N8O7S2. The molecule has 4 amide bonds. The molecule has 8 rings (SSSR count). The number of nitrogens with zero attached hydrogens (tertiary/aromatic N) is 4. The van der Waals surface area contributed by atoms with Gasteiger partial charge in [0.15, 0.2) is 0 Å². The summed E-state index contributed by atoms with van der Waals surface area (Å²) in [5, 5.41) is 12.1. The van der Waals surface area contributed by atoms with Gasteiger partial charge in [0.2, 0.25) is 23.6 Å². The SMILES string of the molecule is CS(=O)c1ccc(Oc2ncccc2C(=O)NC2CCC(C(=O)NCc3ccccn3)CC2)cc1.CSc1ccc(Oc2ncccc2C(=O)NC2CCC(C(=O)NCc3ccccn3)CC2)cc1. The van der Waals surface area contributed by atoms with Crippen LogP contribution in [0.25, 0.3) is 0 Å². The summed E-state index contributed by atoms with van der Waals surface area (Å²) in [5.41, 5.74) is 2.40. The van der Waals surface area contributed by atoms with Gasteiger partial charge in [-0.2, -0.15) is 0 Å². The monoisotopic (exact) mass is 968 g/mol. The Morgan fingerprint density at radius 2 is 0.971 bits per heavy atom. The van der Waals surface area contributed by atoms with E-state index in [4.69, 9.17) is 9.47 Å². The minimum Gasteiger partial charge on any atom is -0.438 e. The summed E-state index contributed by atoms with van der Waals surface area (Å²) in [6, 6.07) is 32.6. The van der Waals surface area contributed by atoms with Crippen LogP contribution in [0.3, 0.4) is 0 Å². The number of pyridine rings is 4. The molecule has 1 atom stereocenters. The molecule has 2 fully saturated rings. The van der Waals surface area contributed by atoms with Crippen LogP contribution in [0.5, 0.6) is 23.3 Å². The fraction of sp³-hybridized carbons (Fsp3) is 0.308. The lowest BCUT2D eigenvalue weighted by molar-refractivity contribution is -0.127. The molecule has 4 aromatic heterocycles. The second-order valence-electron chi connectivity index (χ2n) is 16.6. The molecule has 2 aliphatic rings. The molecule has 69 heavy (non-hydrogen) atoms. The number of hydrogen-bond donors (Lipinski definition) is 4. The van der Waals surface area contributed by atoms with Crippen molar-refractivity contribution in [2.45, 2.75) is 86.3 Å². The fourth-order valence-corrected chi connectivity index (χ4v) is 8.96. The number of benzene rings is 2. The molecule has 1 unspecified atom stereocenters. The Morgan fingerprint density at radius 1 is 0.551 bits per heavy atom. The van der Waals surface area contributed by atoms with Crippen LogP contribution in [0.4, 0.5) is 0 Å². The predicted octanol–water partition coefficient (Wildman–Crippen LogP) is 8.21. The van der Waals surface area contributed by atoms with E-state index in [-0.39, 0.29) is 59.3 Å². The van der Waals surface area contributed by atoms with Gasteiger partial charge in [-0.05, 0) is 155 Å². The van der Waals surface area contributed by atoms with Gasteiger partial charge >= 0.3 is 0 Å². The maximum Gasteiger partial charge on any atom is 0.257 e. The smallest absolute Gasteiger partial charge is 0.257 e. The molecule has 2 saturated carbocycles. The van der Waals surface area contributed by atoms with E-state index < -0.39 is 10.8 Å². The van der Waals surface area contributed by atoms with Crippen LogP contribution in [0.2, 0.25) is 0 Å². The van der Waals surface area contributed by atoms with Crippen LogP contribution in [-0.4, -0.2) is 72.4 Å². The third-order valence-corrected chi connectivity index (χ3v) is 13.6. The largest absolute Gasteiger partial charge is 0.438 e. The van der Waals surface area contributed by atoms with Crippen molar-refractivity contribution < 1.29 is 32.9 Å². The van der Waals surface area contributed by atoms with Crippen LogP contribution >= 0.6 is 11.8 Å². The Bertz CT molecular complexity index is 2650. The third kappa shape index (κ3) is 15.0. The normalized spacial score (nSPS) is 17.9. The third-order valence-electron chi connectivity index (χ3n) is 11.9. The van der Waals surface area contributed by atoms with Crippen molar-refractivity contribution in [3.8, 4) is 23.3 Å². The Balaban J connectivity index is 0.000000204. The number of hydrogen-bond acceptors (Lipinski definition) is 12.